The van der Waals surface area contributed by atoms with E-state index in [1.807, 2.05) is 20.0 Å². The largest absolute Gasteiger partial charge is 0.393 e. The van der Waals surface area contributed by atoms with Crippen molar-refractivity contribution in [3.63, 3.8) is 0 Å². The van der Waals surface area contributed by atoms with E-state index in [-0.39, 0.29) is 6.10 Å². The van der Waals surface area contributed by atoms with Crippen LogP contribution in [0.15, 0.2) is 6.07 Å². The number of nitrogens with one attached hydrogen (secondary N) is 2. The molecule has 1 fully saturated rings. The van der Waals surface area contributed by atoms with Crippen molar-refractivity contribution >= 4 is 11.6 Å². The molecular weight excluding hydrogens is 268 g/mol. The van der Waals surface area contributed by atoms with Gasteiger partial charge in [0.1, 0.15) is 18.2 Å². The second kappa shape index (κ2) is 8.14. The zero-order chi connectivity index (χ0) is 15.1. The number of ether oxygens (including phenoxy) is 1. The molecule has 6 heteroatoms. The van der Waals surface area contributed by atoms with E-state index in [0.717, 1.165) is 43.9 Å². The van der Waals surface area contributed by atoms with Gasteiger partial charge in [-0.25, -0.2) is 9.97 Å². The monoisotopic (exact) mass is 294 g/mol. The van der Waals surface area contributed by atoms with Gasteiger partial charge in [0.25, 0.3) is 0 Å². The molecule has 1 aliphatic rings. The molecule has 1 aromatic heterocycles. The van der Waals surface area contributed by atoms with Gasteiger partial charge in [-0.1, -0.05) is 0 Å². The summed E-state index contributed by atoms with van der Waals surface area (Å²) in [5.41, 5.74) is 0. The van der Waals surface area contributed by atoms with Gasteiger partial charge in [0.2, 0.25) is 0 Å². The Morgan fingerprint density at radius 1 is 1.24 bits per heavy atom. The second-order valence-electron chi connectivity index (χ2n) is 5.50. The number of rotatable bonds is 7. The predicted molar refractivity (Wildman–Crippen MR) is 83.4 cm³/mol. The molecule has 0 saturated heterocycles. The van der Waals surface area contributed by atoms with E-state index in [1.165, 1.54) is 0 Å². The molecule has 1 aliphatic carbocycles. The lowest BCUT2D eigenvalue weighted by Gasteiger charge is -2.25. The summed E-state index contributed by atoms with van der Waals surface area (Å²) in [7, 11) is 1.85. The normalized spacial score (nSPS) is 22.0. The maximum Gasteiger partial charge on any atom is 0.158 e. The van der Waals surface area contributed by atoms with Gasteiger partial charge in [0.15, 0.2) is 5.82 Å². The number of aromatic nitrogens is 2. The lowest BCUT2D eigenvalue weighted by molar-refractivity contribution is 0.111. The molecule has 3 N–H and O–H groups in total. The molecule has 0 radical (unpaired) electrons. The standard InChI is InChI=1S/C15H26N4O2/c1-3-21-10-15-18-13(16-2)8-14(19-15)17-9-11-4-6-12(20)7-5-11/h8,11-12,20H,3-7,9-10H2,1-2H3,(H2,16,17,18,19). The molecule has 0 atom stereocenters. The van der Waals surface area contributed by atoms with E-state index in [9.17, 15) is 5.11 Å². The van der Waals surface area contributed by atoms with Crippen molar-refractivity contribution < 1.29 is 9.84 Å². The first-order valence-electron chi connectivity index (χ1n) is 7.76. The first kappa shape index (κ1) is 16.0. The fourth-order valence-corrected chi connectivity index (χ4v) is 2.57. The summed E-state index contributed by atoms with van der Waals surface area (Å²) in [5.74, 6) is 2.92. The van der Waals surface area contributed by atoms with E-state index < -0.39 is 0 Å². The summed E-state index contributed by atoms with van der Waals surface area (Å²) in [6.45, 7) is 3.93. The fraction of sp³-hybridized carbons (Fsp3) is 0.733. The number of hydrogen-bond donors (Lipinski definition) is 3. The maximum absolute atomic E-state index is 9.54. The summed E-state index contributed by atoms with van der Waals surface area (Å²) in [5, 5.41) is 16.0. The minimum Gasteiger partial charge on any atom is -0.393 e. The molecule has 118 valence electrons. The minimum absolute atomic E-state index is 0.103. The number of aliphatic hydroxyl groups excluding tert-OH is 1. The van der Waals surface area contributed by atoms with Crippen LogP contribution in [0.4, 0.5) is 11.6 Å². The fourth-order valence-electron chi connectivity index (χ4n) is 2.57. The lowest BCUT2D eigenvalue weighted by atomic mass is 9.87. The Labute approximate surface area is 126 Å². The molecule has 0 bridgehead atoms. The SMILES string of the molecule is CCOCc1nc(NC)cc(NCC2CCC(O)CC2)n1. The Kier molecular flexibility index (Phi) is 6.20. The highest BCUT2D eigenvalue weighted by molar-refractivity contribution is 5.47. The third-order valence-electron chi connectivity index (χ3n) is 3.85. The van der Waals surface area contributed by atoms with Gasteiger partial charge in [-0.2, -0.15) is 0 Å². The molecule has 0 aromatic carbocycles. The van der Waals surface area contributed by atoms with E-state index >= 15 is 0 Å². The van der Waals surface area contributed by atoms with Crippen molar-refractivity contribution in [1.29, 1.82) is 0 Å². The van der Waals surface area contributed by atoms with Crippen molar-refractivity contribution in [2.75, 3.05) is 30.8 Å². The summed E-state index contributed by atoms with van der Waals surface area (Å²) >= 11 is 0. The predicted octanol–water partition coefficient (Wildman–Crippen LogP) is 2.02. The average Bonchev–Trinajstić information content (AvgIpc) is 2.52. The van der Waals surface area contributed by atoms with Crippen LogP contribution in [0.5, 0.6) is 0 Å². The Balaban J connectivity index is 1.91. The van der Waals surface area contributed by atoms with Crippen LogP contribution in [0.2, 0.25) is 0 Å². The third kappa shape index (κ3) is 5.13. The van der Waals surface area contributed by atoms with Crippen LogP contribution < -0.4 is 10.6 Å². The number of nitrogens with zero attached hydrogens (tertiary/aromatic N) is 2. The Hall–Kier alpha value is -1.40. The molecule has 0 spiro atoms. The molecule has 1 heterocycles. The Morgan fingerprint density at radius 2 is 1.95 bits per heavy atom. The Morgan fingerprint density at radius 3 is 2.62 bits per heavy atom. The van der Waals surface area contributed by atoms with Crippen molar-refractivity contribution in [1.82, 2.24) is 9.97 Å². The first-order chi connectivity index (χ1) is 10.2. The zero-order valence-electron chi connectivity index (χ0n) is 12.9. The van der Waals surface area contributed by atoms with Gasteiger partial charge in [-0.15, -0.1) is 0 Å². The van der Waals surface area contributed by atoms with Gasteiger partial charge in [-0.3, -0.25) is 0 Å². The minimum atomic E-state index is -0.103. The summed E-state index contributed by atoms with van der Waals surface area (Å²) < 4.78 is 5.37. The maximum atomic E-state index is 9.54. The molecule has 0 amide bonds. The van der Waals surface area contributed by atoms with Crippen LogP contribution >= 0.6 is 0 Å². The van der Waals surface area contributed by atoms with Gasteiger partial charge in [-0.05, 0) is 38.5 Å². The van der Waals surface area contributed by atoms with E-state index in [2.05, 4.69) is 20.6 Å². The first-order valence-corrected chi connectivity index (χ1v) is 7.76. The lowest BCUT2D eigenvalue weighted by Crippen LogP contribution is -2.24. The van der Waals surface area contributed by atoms with Crippen molar-refractivity contribution in [2.45, 2.75) is 45.3 Å². The van der Waals surface area contributed by atoms with Gasteiger partial charge < -0.3 is 20.5 Å². The number of hydrogen-bond acceptors (Lipinski definition) is 6. The van der Waals surface area contributed by atoms with Gasteiger partial charge >= 0.3 is 0 Å². The van der Waals surface area contributed by atoms with Crippen LogP contribution in [0.1, 0.15) is 38.4 Å². The quantitative estimate of drug-likeness (QED) is 0.714. The second-order valence-corrected chi connectivity index (χ2v) is 5.50. The van der Waals surface area contributed by atoms with Gasteiger partial charge in [0.05, 0.1) is 6.10 Å². The van der Waals surface area contributed by atoms with E-state index in [1.54, 1.807) is 0 Å². The molecule has 1 aromatic rings. The van der Waals surface area contributed by atoms with Crippen LogP contribution in [-0.4, -0.2) is 41.4 Å². The average molecular weight is 294 g/mol. The molecule has 2 rings (SSSR count). The summed E-state index contributed by atoms with van der Waals surface area (Å²) in [6, 6.07) is 1.91. The van der Waals surface area contributed by atoms with Crippen LogP contribution in [0, 0.1) is 5.92 Å². The molecular formula is C15H26N4O2. The highest BCUT2D eigenvalue weighted by atomic mass is 16.5. The van der Waals surface area contributed by atoms with Crippen LogP contribution in [-0.2, 0) is 11.3 Å². The third-order valence-corrected chi connectivity index (χ3v) is 3.85. The van der Waals surface area contributed by atoms with Crippen molar-refractivity contribution in [3.05, 3.63) is 11.9 Å². The number of aliphatic hydroxyl groups is 1. The summed E-state index contributed by atoms with van der Waals surface area (Å²) in [6.07, 6.45) is 3.86. The zero-order valence-corrected chi connectivity index (χ0v) is 12.9. The highest BCUT2D eigenvalue weighted by Crippen LogP contribution is 2.24. The van der Waals surface area contributed by atoms with Crippen molar-refractivity contribution in [3.8, 4) is 0 Å². The van der Waals surface area contributed by atoms with Crippen LogP contribution in [0.25, 0.3) is 0 Å². The smallest absolute Gasteiger partial charge is 0.158 e. The Bertz CT molecular complexity index is 434. The molecule has 1 saturated carbocycles. The molecule has 21 heavy (non-hydrogen) atoms. The number of anilines is 2. The van der Waals surface area contributed by atoms with E-state index in [4.69, 9.17) is 4.74 Å². The van der Waals surface area contributed by atoms with Crippen LogP contribution in [0.3, 0.4) is 0 Å². The van der Waals surface area contributed by atoms with E-state index in [0.29, 0.717) is 25.0 Å². The highest BCUT2D eigenvalue weighted by Gasteiger charge is 2.19. The van der Waals surface area contributed by atoms with Gasteiger partial charge in [0, 0.05) is 26.3 Å². The molecule has 6 nitrogen and oxygen atoms in total. The summed E-state index contributed by atoms with van der Waals surface area (Å²) in [4.78, 5) is 8.86. The topological polar surface area (TPSA) is 79.3 Å². The molecule has 0 aliphatic heterocycles. The molecule has 0 unspecified atom stereocenters. The van der Waals surface area contributed by atoms with Crippen molar-refractivity contribution in [2.24, 2.45) is 5.92 Å².